The van der Waals surface area contributed by atoms with Gasteiger partial charge in [-0.1, -0.05) is 12.1 Å². The summed E-state index contributed by atoms with van der Waals surface area (Å²) in [7, 11) is 0. The number of aromatic nitrogens is 2. The Kier molecular flexibility index (Phi) is 4.09. The van der Waals surface area contributed by atoms with Crippen LogP contribution in [0, 0.1) is 5.82 Å². The molecule has 1 aliphatic rings. The first kappa shape index (κ1) is 15.6. The highest BCUT2D eigenvalue weighted by atomic mass is 19.1. The Morgan fingerprint density at radius 3 is 2.72 bits per heavy atom. The van der Waals surface area contributed by atoms with Gasteiger partial charge < -0.3 is 15.0 Å². The van der Waals surface area contributed by atoms with E-state index in [4.69, 9.17) is 0 Å². The van der Waals surface area contributed by atoms with Gasteiger partial charge in [0.05, 0.1) is 12.5 Å². The molecule has 4 N–H and O–H groups in total. The van der Waals surface area contributed by atoms with Crippen LogP contribution in [-0.2, 0) is 0 Å². The van der Waals surface area contributed by atoms with Crippen LogP contribution in [0.2, 0.25) is 0 Å². The van der Waals surface area contributed by atoms with Crippen molar-refractivity contribution >= 4 is 5.69 Å². The molecule has 2 aromatic carbocycles. The zero-order valence-electron chi connectivity index (χ0n) is 13.4. The van der Waals surface area contributed by atoms with Crippen molar-refractivity contribution in [2.24, 2.45) is 0 Å². The predicted molar refractivity (Wildman–Crippen MR) is 92.7 cm³/mol. The maximum atomic E-state index is 13.4. The molecule has 2 heterocycles. The number of hydrogen-bond donors (Lipinski definition) is 4. The number of benzene rings is 2. The lowest BCUT2D eigenvalue weighted by Crippen LogP contribution is -2.35. The van der Waals surface area contributed by atoms with Crippen LogP contribution in [0.15, 0.2) is 61.2 Å². The van der Waals surface area contributed by atoms with Gasteiger partial charge in [0.15, 0.2) is 11.6 Å². The van der Waals surface area contributed by atoms with E-state index < -0.39 is 5.82 Å². The first-order chi connectivity index (χ1) is 12.2. The van der Waals surface area contributed by atoms with Crippen LogP contribution in [0.3, 0.4) is 0 Å². The number of halogens is 1. The molecular formula is C18H18FN5O. The minimum Gasteiger partial charge on any atom is -0.505 e. The minimum absolute atomic E-state index is 0.0396. The molecule has 0 saturated carbocycles. The van der Waals surface area contributed by atoms with E-state index in [1.54, 1.807) is 18.6 Å². The topological polar surface area (TPSA) is 74.1 Å². The molecule has 0 bridgehead atoms. The summed E-state index contributed by atoms with van der Waals surface area (Å²) in [6.45, 7) is 0. The fourth-order valence-electron chi connectivity index (χ4n) is 2.96. The van der Waals surface area contributed by atoms with E-state index in [9.17, 15) is 9.50 Å². The highest BCUT2D eigenvalue weighted by Crippen LogP contribution is 2.25. The van der Waals surface area contributed by atoms with Gasteiger partial charge in [0.25, 0.3) is 0 Å². The van der Waals surface area contributed by atoms with Crippen molar-refractivity contribution in [1.82, 2.24) is 20.4 Å². The smallest absolute Gasteiger partial charge is 0.166 e. The number of phenols is 1. The van der Waals surface area contributed by atoms with E-state index in [2.05, 4.69) is 45.4 Å². The van der Waals surface area contributed by atoms with Crippen LogP contribution in [0.25, 0.3) is 5.69 Å². The summed E-state index contributed by atoms with van der Waals surface area (Å²) in [5, 5.41) is 12.5. The first-order valence-corrected chi connectivity index (χ1v) is 8.03. The summed E-state index contributed by atoms with van der Waals surface area (Å²) in [6.07, 6.45) is 6.18. The number of phenolic OH excluding ortho intramolecular Hbond substituents is 1. The van der Waals surface area contributed by atoms with Crippen molar-refractivity contribution in [3.05, 3.63) is 72.6 Å². The SMILES string of the molecule is Oc1ccc(NC2CC(c3ccc(-n4ccnc4)cc3)NN2)cc1F. The Bertz CT molecular complexity index is 850. The number of hydrazine groups is 1. The minimum atomic E-state index is -0.636. The van der Waals surface area contributed by atoms with Crippen molar-refractivity contribution in [3.8, 4) is 11.4 Å². The highest BCUT2D eigenvalue weighted by Gasteiger charge is 2.25. The Morgan fingerprint density at radius 1 is 1.16 bits per heavy atom. The monoisotopic (exact) mass is 339 g/mol. The highest BCUT2D eigenvalue weighted by molar-refractivity contribution is 5.47. The third-order valence-corrected chi connectivity index (χ3v) is 4.29. The molecule has 1 aromatic heterocycles. The van der Waals surface area contributed by atoms with Gasteiger partial charge in [-0.25, -0.2) is 20.2 Å². The Morgan fingerprint density at radius 2 is 2.00 bits per heavy atom. The molecule has 6 nitrogen and oxygen atoms in total. The van der Waals surface area contributed by atoms with Crippen molar-refractivity contribution in [2.45, 2.75) is 18.6 Å². The summed E-state index contributed by atoms with van der Waals surface area (Å²) in [5.41, 5.74) is 9.25. The van der Waals surface area contributed by atoms with E-state index in [0.29, 0.717) is 5.69 Å². The predicted octanol–water partition coefficient (Wildman–Crippen LogP) is 2.69. The molecule has 0 spiro atoms. The van der Waals surface area contributed by atoms with Crippen LogP contribution < -0.4 is 16.2 Å². The largest absolute Gasteiger partial charge is 0.505 e. The van der Waals surface area contributed by atoms with Gasteiger partial charge in [0.1, 0.15) is 0 Å². The fourth-order valence-corrected chi connectivity index (χ4v) is 2.96. The molecular weight excluding hydrogens is 321 g/mol. The molecule has 1 aliphatic heterocycles. The summed E-state index contributed by atoms with van der Waals surface area (Å²) < 4.78 is 15.4. The zero-order valence-corrected chi connectivity index (χ0v) is 13.4. The molecule has 1 saturated heterocycles. The second kappa shape index (κ2) is 6.54. The van der Waals surface area contributed by atoms with Crippen LogP contribution >= 0.6 is 0 Å². The van der Waals surface area contributed by atoms with Crippen LogP contribution in [-0.4, -0.2) is 20.8 Å². The van der Waals surface area contributed by atoms with Gasteiger partial charge in [-0.05, 0) is 29.8 Å². The van der Waals surface area contributed by atoms with Gasteiger partial charge in [0.2, 0.25) is 0 Å². The number of imidazole rings is 1. The van der Waals surface area contributed by atoms with E-state index in [1.165, 1.54) is 12.1 Å². The lowest BCUT2D eigenvalue weighted by Gasteiger charge is -2.14. The van der Waals surface area contributed by atoms with Gasteiger partial charge in [0, 0.05) is 42.3 Å². The Labute approximate surface area is 144 Å². The van der Waals surface area contributed by atoms with Crippen LogP contribution in [0.4, 0.5) is 10.1 Å². The quantitative estimate of drug-likeness (QED) is 0.550. The van der Waals surface area contributed by atoms with E-state index in [1.807, 2.05) is 10.8 Å². The van der Waals surface area contributed by atoms with Crippen LogP contribution in [0.1, 0.15) is 18.0 Å². The maximum absolute atomic E-state index is 13.4. The van der Waals surface area contributed by atoms with Gasteiger partial charge in [-0.2, -0.15) is 0 Å². The molecule has 4 rings (SSSR count). The van der Waals surface area contributed by atoms with Crippen molar-refractivity contribution in [3.63, 3.8) is 0 Å². The lowest BCUT2D eigenvalue weighted by molar-refractivity contribution is 0.432. The third-order valence-electron chi connectivity index (χ3n) is 4.29. The van der Waals surface area contributed by atoms with Crippen molar-refractivity contribution < 1.29 is 9.50 Å². The van der Waals surface area contributed by atoms with Crippen molar-refractivity contribution in [1.29, 1.82) is 0 Å². The number of anilines is 1. The average molecular weight is 339 g/mol. The molecule has 0 amide bonds. The summed E-state index contributed by atoms with van der Waals surface area (Å²) >= 11 is 0. The Balaban J connectivity index is 1.41. The lowest BCUT2D eigenvalue weighted by atomic mass is 10.0. The fraction of sp³-hybridized carbons (Fsp3) is 0.167. The molecule has 3 aromatic rings. The molecule has 128 valence electrons. The number of hydrogen-bond acceptors (Lipinski definition) is 5. The second-order valence-electron chi connectivity index (χ2n) is 6.00. The number of aromatic hydroxyl groups is 1. The molecule has 2 unspecified atom stereocenters. The normalized spacial score (nSPS) is 19.9. The van der Waals surface area contributed by atoms with E-state index in [-0.39, 0.29) is 18.0 Å². The van der Waals surface area contributed by atoms with E-state index >= 15 is 0 Å². The van der Waals surface area contributed by atoms with Crippen molar-refractivity contribution in [2.75, 3.05) is 5.32 Å². The number of rotatable bonds is 4. The molecule has 1 fully saturated rings. The molecule has 2 atom stereocenters. The first-order valence-electron chi connectivity index (χ1n) is 8.03. The molecule has 0 aliphatic carbocycles. The van der Waals surface area contributed by atoms with E-state index in [0.717, 1.165) is 17.7 Å². The molecule has 0 radical (unpaired) electrons. The molecule has 7 heteroatoms. The summed E-state index contributed by atoms with van der Waals surface area (Å²) in [6, 6.07) is 12.7. The average Bonchev–Trinajstić information content (AvgIpc) is 3.30. The molecule has 25 heavy (non-hydrogen) atoms. The zero-order chi connectivity index (χ0) is 17.2. The maximum Gasteiger partial charge on any atom is 0.166 e. The number of nitrogens with one attached hydrogen (secondary N) is 3. The third kappa shape index (κ3) is 3.33. The Hall–Kier alpha value is -2.90. The summed E-state index contributed by atoms with van der Waals surface area (Å²) in [5.74, 6) is -0.985. The van der Waals surface area contributed by atoms with Gasteiger partial charge >= 0.3 is 0 Å². The number of nitrogens with zero attached hydrogens (tertiary/aromatic N) is 2. The van der Waals surface area contributed by atoms with Crippen LogP contribution in [0.5, 0.6) is 5.75 Å². The van der Waals surface area contributed by atoms with Gasteiger partial charge in [-0.3, -0.25) is 0 Å². The standard InChI is InChI=1S/C18H18FN5O/c19-15-9-13(3-6-17(15)25)21-18-10-16(22-23-18)12-1-4-14(5-2-12)24-8-7-20-11-24/h1-9,11,16,18,21-23,25H,10H2. The summed E-state index contributed by atoms with van der Waals surface area (Å²) in [4.78, 5) is 4.05. The second-order valence-corrected chi connectivity index (χ2v) is 6.00. The van der Waals surface area contributed by atoms with Gasteiger partial charge in [-0.15, -0.1) is 0 Å².